The first kappa shape index (κ1) is 19.0. The molecule has 0 spiro atoms. The van der Waals surface area contributed by atoms with Crippen molar-refractivity contribution in [3.8, 4) is 0 Å². The summed E-state index contributed by atoms with van der Waals surface area (Å²) in [6.45, 7) is 5.42. The van der Waals surface area contributed by atoms with E-state index in [9.17, 15) is 9.59 Å². The highest BCUT2D eigenvalue weighted by Gasteiger charge is 2.25. The van der Waals surface area contributed by atoms with E-state index < -0.39 is 0 Å². The molecular formula is C23H21N3O3S. The fourth-order valence-electron chi connectivity index (χ4n) is 3.82. The second kappa shape index (κ2) is 7.66. The van der Waals surface area contributed by atoms with Crippen molar-refractivity contribution in [1.29, 1.82) is 0 Å². The summed E-state index contributed by atoms with van der Waals surface area (Å²) in [6, 6.07) is 14.9. The standard InChI is InChI=1S/C23H21N3O3S/c1-15-6-7-19-16(12-15)18(27)13-20(29-19)23(28)26-10-8-25(9-11-26)14-22-24-17-4-2-3-5-21(17)30-22/h2-7,12-13H,8-11,14H2,1H3. The number of carbonyl (C=O) groups is 1. The van der Waals surface area contributed by atoms with Crippen LogP contribution in [0, 0.1) is 6.92 Å². The van der Waals surface area contributed by atoms with Gasteiger partial charge in [-0.25, -0.2) is 4.98 Å². The van der Waals surface area contributed by atoms with E-state index in [1.807, 2.05) is 31.2 Å². The topological polar surface area (TPSA) is 66.7 Å². The SMILES string of the molecule is Cc1ccc2oc(C(=O)N3CCN(Cc4nc5ccccc5s4)CC3)cc(=O)c2c1. The predicted octanol–water partition coefficient (Wildman–Crippen LogP) is 3.67. The molecule has 0 saturated carbocycles. The normalized spacial score (nSPS) is 15.2. The lowest BCUT2D eigenvalue weighted by Gasteiger charge is -2.33. The van der Waals surface area contributed by atoms with Crippen molar-refractivity contribution in [2.45, 2.75) is 13.5 Å². The molecule has 152 valence electrons. The lowest BCUT2D eigenvalue weighted by Crippen LogP contribution is -2.48. The van der Waals surface area contributed by atoms with E-state index in [1.165, 1.54) is 10.8 Å². The van der Waals surface area contributed by atoms with E-state index in [2.05, 4.69) is 11.0 Å². The Morgan fingerprint density at radius 3 is 2.70 bits per heavy atom. The molecule has 0 aliphatic carbocycles. The number of carbonyl (C=O) groups excluding carboxylic acids is 1. The summed E-state index contributed by atoms with van der Waals surface area (Å²) in [6.07, 6.45) is 0. The number of aromatic nitrogens is 1. The zero-order chi connectivity index (χ0) is 20.7. The van der Waals surface area contributed by atoms with Gasteiger partial charge in [0, 0.05) is 32.2 Å². The maximum atomic E-state index is 12.9. The Labute approximate surface area is 177 Å². The summed E-state index contributed by atoms with van der Waals surface area (Å²) in [5.74, 6) is -0.120. The molecule has 5 rings (SSSR count). The third-order valence-electron chi connectivity index (χ3n) is 5.45. The number of piperazine rings is 1. The largest absolute Gasteiger partial charge is 0.451 e. The van der Waals surface area contributed by atoms with E-state index in [0.29, 0.717) is 24.1 Å². The van der Waals surface area contributed by atoms with Gasteiger partial charge in [-0.15, -0.1) is 11.3 Å². The summed E-state index contributed by atoms with van der Waals surface area (Å²) < 4.78 is 6.95. The van der Waals surface area contributed by atoms with E-state index >= 15 is 0 Å². The van der Waals surface area contributed by atoms with Gasteiger partial charge < -0.3 is 9.32 Å². The van der Waals surface area contributed by atoms with Crippen LogP contribution >= 0.6 is 11.3 Å². The minimum absolute atomic E-state index is 0.107. The monoisotopic (exact) mass is 419 g/mol. The molecule has 1 aliphatic heterocycles. The molecule has 30 heavy (non-hydrogen) atoms. The smallest absolute Gasteiger partial charge is 0.289 e. The molecule has 1 fully saturated rings. The fraction of sp³-hybridized carbons (Fsp3) is 0.261. The Morgan fingerprint density at radius 2 is 1.90 bits per heavy atom. The number of hydrogen-bond acceptors (Lipinski definition) is 6. The number of aryl methyl sites for hydroxylation is 1. The quantitative estimate of drug-likeness (QED) is 0.507. The van der Waals surface area contributed by atoms with Gasteiger partial charge in [0.1, 0.15) is 10.6 Å². The first-order chi connectivity index (χ1) is 14.6. The molecule has 0 atom stereocenters. The highest BCUT2D eigenvalue weighted by Crippen LogP contribution is 2.23. The van der Waals surface area contributed by atoms with Gasteiger partial charge in [-0.3, -0.25) is 14.5 Å². The number of benzene rings is 2. The molecule has 0 radical (unpaired) electrons. The van der Waals surface area contributed by atoms with Crippen LogP contribution in [0.1, 0.15) is 21.1 Å². The highest BCUT2D eigenvalue weighted by molar-refractivity contribution is 7.18. The summed E-state index contributed by atoms with van der Waals surface area (Å²) in [5, 5.41) is 1.60. The van der Waals surface area contributed by atoms with Crippen molar-refractivity contribution in [1.82, 2.24) is 14.8 Å². The highest BCUT2D eigenvalue weighted by atomic mass is 32.1. The molecule has 4 aromatic rings. The summed E-state index contributed by atoms with van der Waals surface area (Å²) >= 11 is 1.72. The molecule has 1 amide bonds. The van der Waals surface area contributed by atoms with Gasteiger partial charge in [0.05, 0.1) is 22.1 Å². The molecule has 0 unspecified atom stereocenters. The zero-order valence-electron chi connectivity index (χ0n) is 16.6. The minimum atomic E-state index is -0.228. The van der Waals surface area contributed by atoms with Gasteiger partial charge in [0.25, 0.3) is 5.91 Å². The Balaban J connectivity index is 1.27. The van der Waals surface area contributed by atoms with Gasteiger partial charge in [0.15, 0.2) is 11.2 Å². The number of thiazole rings is 1. The lowest BCUT2D eigenvalue weighted by molar-refractivity contribution is 0.0598. The first-order valence-corrected chi connectivity index (χ1v) is 10.8. The zero-order valence-corrected chi connectivity index (χ0v) is 17.4. The average molecular weight is 420 g/mol. The van der Waals surface area contributed by atoms with Crippen LogP contribution in [-0.2, 0) is 6.54 Å². The van der Waals surface area contributed by atoms with Crippen LogP contribution in [0.2, 0.25) is 0 Å². The van der Waals surface area contributed by atoms with Crippen LogP contribution in [0.3, 0.4) is 0 Å². The third kappa shape index (κ3) is 3.62. The maximum Gasteiger partial charge on any atom is 0.289 e. The van der Waals surface area contributed by atoms with Gasteiger partial charge in [-0.05, 0) is 31.2 Å². The number of amides is 1. The molecule has 0 bridgehead atoms. The molecule has 2 aromatic carbocycles. The van der Waals surface area contributed by atoms with Crippen molar-refractivity contribution in [2.24, 2.45) is 0 Å². The van der Waals surface area contributed by atoms with Crippen molar-refractivity contribution >= 4 is 38.4 Å². The second-order valence-electron chi connectivity index (χ2n) is 7.62. The Morgan fingerprint density at radius 1 is 1.10 bits per heavy atom. The van der Waals surface area contributed by atoms with Crippen LogP contribution < -0.4 is 5.43 Å². The maximum absolute atomic E-state index is 12.9. The lowest BCUT2D eigenvalue weighted by atomic mass is 10.1. The van der Waals surface area contributed by atoms with Crippen LogP contribution in [-0.4, -0.2) is 46.9 Å². The molecule has 0 N–H and O–H groups in total. The van der Waals surface area contributed by atoms with Crippen LogP contribution in [0.5, 0.6) is 0 Å². The number of rotatable bonds is 3. The van der Waals surface area contributed by atoms with Crippen LogP contribution in [0.4, 0.5) is 0 Å². The Bertz CT molecular complexity index is 1270. The van der Waals surface area contributed by atoms with Gasteiger partial charge in [-0.2, -0.15) is 0 Å². The molecule has 2 aromatic heterocycles. The van der Waals surface area contributed by atoms with Gasteiger partial charge >= 0.3 is 0 Å². The third-order valence-corrected chi connectivity index (χ3v) is 6.47. The van der Waals surface area contributed by atoms with Crippen molar-refractivity contribution in [2.75, 3.05) is 26.2 Å². The first-order valence-electron chi connectivity index (χ1n) is 9.97. The van der Waals surface area contributed by atoms with E-state index in [4.69, 9.17) is 9.40 Å². The second-order valence-corrected chi connectivity index (χ2v) is 8.73. The molecule has 1 saturated heterocycles. The summed E-state index contributed by atoms with van der Waals surface area (Å²) in [4.78, 5) is 34.1. The van der Waals surface area contributed by atoms with Crippen LogP contribution in [0.15, 0.2) is 57.7 Å². The predicted molar refractivity (Wildman–Crippen MR) is 118 cm³/mol. The molecule has 6 nitrogen and oxygen atoms in total. The molecule has 3 heterocycles. The summed E-state index contributed by atoms with van der Waals surface area (Å²) in [5.41, 5.74) is 2.29. The van der Waals surface area contributed by atoms with Crippen molar-refractivity contribution in [3.05, 3.63) is 75.1 Å². The Kier molecular flexibility index (Phi) is 4.84. The van der Waals surface area contributed by atoms with E-state index in [-0.39, 0.29) is 17.1 Å². The van der Waals surface area contributed by atoms with Crippen molar-refractivity contribution in [3.63, 3.8) is 0 Å². The van der Waals surface area contributed by atoms with E-state index in [0.717, 1.165) is 35.7 Å². The average Bonchev–Trinajstić information content (AvgIpc) is 3.16. The van der Waals surface area contributed by atoms with Crippen LogP contribution in [0.25, 0.3) is 21.2 Å². The fourth-order valence-corrected chi connectivity index (χ4v) is 4.83. The Hall–Kier alpha value is -3.03. The van der Waals surface area contributed by atoms with E-state index in [1.54, 1.807) is 28.4 Å². The number of fused-ring (bicyclic) bond motifs is 2. The molecular weight excluding hydrogens is 398 g/mol. The number of hydrogen-bond donors (Lipinski definition) is 0. The molecule has 7 heteroatoms. The molecule has 1 aliphatic rings. The minimum Gasteiger partial charge on any atom is -0.451 e. The number of para-hydroxylation sites is 1. The van der Waals surface area contributed by atoms with Gasteiger partial charge in [-0.1, -0.05) is 23.8 Å². The van der Waals surface area contributed by atoms with Gasteiger partial charge in [0.2, 0.25) is 0 Å². The summed E-state index contributed by atoms with van der Waals surface area (Å²) in [7, 11) is 0. The van der Waals surface area contributed by atoms with Crippen molar-refractivity contribution < 1.29 is 9.21 Å². The number of nitrogens with zero attached hydrogens (tertiary/aromatic N) is 3.